The van der Waals surface area contributed by atoms with Gasteiger partial charge in [-0.05, 0) is 116 Å². The third-order valence-corrected chi connectivity index (χ3v) is 15.1. The lowest BCUT2D eigenvalue weighted by Crippen LogP contribution is -2.30. The molecular formula is C74H130O6. The van der Waals surface area contributed by atoms with Gasteiger partial charge in [0.15, 0.2) is 6.10 Å². The van der Waals surface area contributed by atoms with Gasteiger partial charge < -0.3 is 14.2 Å². The first-order valence-corrected chi connectivity index (χ1v) is 34.6. The van der Waals surface area contributed by atoms with Gasteiger partial charge in [0.2, 0.25) is 0 Å². The van der Waals surface area contributed by atoms with Gasteiger partial charge in [-0.1, -0.05) is 298 Å². The average Bonchev–Trinajstić information content (AvgIpc) is 3.46. The first-order valence-electron chi connectivity index (χ1n) is 34.6. The standard InChI is InChI=1S/C74H130O6/c1-4-7-10-13-16-19-22-25-28-30-32-34-36-37-39-40-42-44-46-49-52-55-58-61-64-67-73(76)79-70-71(69-78-72(75)66-63-60-57-54-51-48-27-24-21-18-15-12-9-6-3)80-74(77)68-65-62-59-56-53-50-47-45-43-41-38-35-33-31-29-26-23-20-17-14-11-8-5-2/h15,18,22-27,30-33,36-37,71H,4-14,16-17,19-21,28-29,34-35,38-70H2,1-3H3/b18-15-,25-22-,26-23-,27-24-,32-30-,33-31-,37-36-. The second-order valence-electron chi connectivity index (χ2n) is 23.1. The molecule has 0 aromatic heterocycles. The normalized spacial score (nSPS) is 12.6. The Morgan fingerprint density at radius 3 is 0.738 bits per heavy atom. The van der Waals surface area contributed by atoms with Crippen LogP contribution in [0.25, 0.3) is 0 Å². The van der Waals surface area contributed by atoms with Gasteiger partial charge >= 0.3 is 17.9 Å². The lowest BCUT2D eigenvalue weighted by atomic mass is 10.0. The maximum atomic E-state index is 13.0. The minimum atomic E-state index is -0.787. The third-order valence-electron chi connectivity index (χ3n) is 15.1. The minimum Gasteiger partial charge on any atom is -0.462 e. The molecule has 0 aliphatic carbocycles. The second-order valence-corrected chi connectivity index (χ2v) is 23.1. The Kier molecular flexibility index (Phi) is 65.2. The summed E-state index contributed by atoms with van der Waals surface area (Å²) < 4.78 is 17.0. The van der Waals surface area contributed by atoms with E-state index in [1.807, 2.05) is 0 Å². The number of carbonyl (C=O) groups is 3. The van der Waals surface area contributed by atoms with Crippen LogP contribution in [-0.2, 0) is 28.6 Å². The summed E-state index contributed by atoms with van der Waals surface area (Å²) >= 11 is 0. The van der Waals surface area contributed by atoms with E-state index in [9.17, 15) is 14.4 Å². The zero-order chi connectivity index (χ0) is 57.8. The summed E-state index contributed by atoms with van der Waals surface area (Å²) in [6, 6.07) is 0. The Morgan fingerprint density at radius 1 is 0.250 bits per heavy atom. The molecule has 462 valence electrons. The summed E-state index contributed by atoms with van der Waals surface area (Å²) in [5.41, 5.74) is 0. The molecule has 0 saturated carbocycles. The molecule has 0 amide bonds. The van der Waals surface area contributed by atoms with Crippen molar-refractivity contribution in [2.45, 2.75) is 354 Å². The van der Waals surface area contributed by atoms with Crippen LogP contribution >= 0.6 is 0 Å². The van der Waals surface area contributed by atoms with E-state index in [1.54, 1.807) is 0 Å². The van der Waals surface area contributed by atoms with Crippen LogP contribution < -0.4 is 0 Å². The highest BCUT2D eigenvalue weighted by molar-refractivity contribution is 5.71. The SMILES string of the molecule is CCCC/C=C\C/C=C\CCCCCCCC(=O)OCC(COC(=O)CCCCCCCCCCCC/C=C\C/C=C\C/C=C\CCCCCCC)OC(=O)CCCCCCCCCCCCC/C=C\C/C=C\CCCCCCC. The van der Waals surface area contributed by atoms with Crippen LogP contribution in [0.5, 0.6) is 0 Å². The zero-order valence-electron chi connectivity index (χ0n) is 53.1. The predicted octanol–water partition coefficient (Wildman–Crippen LogP) is 23.8. The van der Waals surface area contributed by atoms with E-state index >= 15 is 0 Å². The Bertz CT molecular complexity index is 1520. The number of allylic oxidation sites excluding steroid dienone is 14. The first kappa shape index (κ1) is 76.6. The van der Waals surface area contributed by atoms with Crippen molar-refractivity contribution in [1.29, 1.82) is 0 Å². The number of ether oxygens (including phenoxy) is 3. The van der Waals surface area contributed by atoms with E-state index in [0.29, 0.717) is 19.3 Å². The van der Waals surface area contributed by atoms with Crippen LogP contribution in [0, 0.1) is 0 Å². The molecule has 0 N–H and O–H groups in total. The number of carbonyl (C=O) groups excluding carboxylic acids is 3. The average molecular weight is 1120 g/mol. The molecule has 80 heavy (non-hydrogen) atoms. The number of esters is 3. The second kappa shape index (κ2) is 68.1. The van der Waals surface area contributed by atoms with Crippen LogP contribution in [0.3, 0.4) is 0 Å². The lowest BCUT2D eigenvalue weighted by molar-refractivity contribution is -0.167. The molecule has 1 atom stereocenters. The van der Waals surface area contributed by atoms with Gasteiger partial charge in [0.1, 0.15) is 13.2 Å². The van der Waals surface area contributed by atoms with E-state index in [2.05, 4.69) is 106 Å². The number of hydrogen-bond donors (Lipinski definition) is 0. The van der Waals surface area contributed by atoms with Crippen molar-refractivity contribution in [2.75, 3.05) is 13.2 Å². The molecule has 6 heteroatoms. The van der Waals surface area contributed by atoms with Crippen molar-refractivity contribution in [3.8, 4) is 0 Å². The summed E-state index contributed by atoms with van der Waals surface area (Å²) in [6.07, 6.45) is 90.2. The van der Waals surface area contributed by atoms with E-state index < -0.39 is 6.10 Å². The Balaban J connectivity index is 4.33. The van der Waals surface area contributed by atoms with Gasteiger partial charge in [-0.3, -0.25) is 14.4 Å². The van der Waals surface area contributed by atoms with Crippen molar-refractivity contribution in [2.24, 2.45) is 0 Å². The number of hydrogen-bond acceptors (Lipinski definition) is 6. The quantitative estimate of drug-likeness (QED) is 0.0261. The molecular weight excluding hydrogens is 985 g/mol. The zero-order valence-corrected chi connectivity index (χ0v) is 53.1. The predicted molar refractivity (Wildman–Crippen MR) is 348 cm³/mol. The van der Waals surface area contributed by atoms with E-state index in [1.165, 1.54) is 212 Å². The molecule has 0 fully saturated rings. The van der Waals surface area contributed by atoms with E-state index in [-0.39, 0.29) is 31.1 Å². The molecule has 1 unspecified atom stereocenters. The van der Waals surface area contributed by atoms with E-state index in [4.69, 9.17) is 14.2 Å². The monoisotopic (exact) mass is 1110 g/mol. The smallest absolute Gasteiger partial charge is 0.306 e. The van der Waals surface area contributed by atoms with Crippen molar-refractivity contribution >= 4 is 17.9 Å². The summed E-state index contributed by atoms with van der Waals surface area (Å²) in [4.78, 5) is 38.4. The highest BCUT2D eigenvalue weighted by Gasteiger charge is 2.19. The van der Waals surface area contributed by atoms with Crippen LogP contribution in [0.15, 0.2) is 85.1 Å². The Morgan fingerprint density at radius 2 is 0.463 bits per heavy atom. The Labute approximate surface area is 496 Å². The van der Waals surface area contributed by atoms with Crippen LogP contribution in [0.1, 0.15) is 348 Å². The first-order chi connectivity index (χ1) is 39.5. The van der Waals surface area contributed by atoms with Gasteiger partial charge in [0.25, 0.3) is 0 Å². The fourth-order valence-corrected chi connectivity index (χ4v) is 9.85. The van der Waals surface area contributed by atoms with Crippen molar-refractivity contribution in [3.05, 3.63) is 85.1 Å². The molecule has 0 aromatic carbocycles. The van der Waals surface area contributed by atoms with Crippen LogP contribution in [0.4, 0.5) is 0 Å². The third kappa shape index (κ3) is 65.4. The molecule has 0 aliphatic heterocycles. The number of rotatable bonds is 63. The highest BCUT2D eigenvalue weighted by atomic mass is 16.6. The molecule has 0 aliphatic rings. The van der Waals surface area contributed by atoms with Crippen LogP contribution in [-0.4, -0.2) is 37.2 Å². The summed E-state index contributed by atoms with van der Waals surface area (Å²) in [7, 11) is 0. The van der Waals surface area contributed by atoms with Crippen molar-refractivity contribution in [3.63, 3.8) is 0 Å². The molecule has 6 nitrogen and oxygen atoms in total. The van der Waals surface area contributed by atoms with Crippen molar-refractivity contribution < 1.29 is 28.6 Å². The van der Waals surface area contributed by atoms with Gasteiger partial charge in [-0.2, -0.15) is 0 Å². The molecule has 0 radical (unpaired) electrons. The fraction of sp³-hybridized carbons (Fsp3) is 0.770. The van der Waals surface area contributed by atoms with Crippen molar-refractivity contribution in [1.82, 2.24) is 0 Å². The summed E-state index contributed by atoms with van der Waals surface area (Å²) in [5.74, 6) is -0.887. The Hall–Kier alpha value is -3.41. The largest absolute Gasteiger partial charge is 0.462 e. The maximum absolute atomic E-state index is 13.0. The molecule has 0 rings (SSSR count). The summed E-state index contributed by atoms with van der Waals surface area (Å²) in [6.45, 7) is 6.60. The minimum absolute atomic E-state index is 0.0826. The van der Waals surface area contributed by atoms with Gasteiger partial charge in [-0.25, -0.2) is 0 Å². The van der Waals surface area contributed by atoms with Gasteiger partial charge in [0.05, 0.1) is 0 Å². The maximum Gasteiger partial charge on any atom is 0.306 e. The van der Waals surface area contributed by atoms with E-state index in [0.717, 1.165) is 96.3 Å². The van der Waals surface area contributed by atoms with Gasteiger partial charge in [-0.15, -0.1) is 0 Å². The van der Waals surface area contributed by atoms with Crippen LogP contribution in [0.2, 0.25) is 0 Å². The topological polar surface area (TPSA) is 78.9 Å². The molecule has 0 saturated heterocycles. The lowest BCUT2D eigenvalue weighted by Gasteiger charge is -2.18. The molecule has 0 heterocycles. The fourth-order valence-electron chi connectivity index (χ4n) is 9.85. The molecule has 0 bridgehead atoms. The van der Waals surface area contributed by atoms with Gasteiger partial charge in [0, 0.05) is 19.3 Å². The molecule has 0 aromatic rings. The summed E-state index contributed by atoms with van der Waals surface area (Å²) in [5, 5.41) is 0. The number of unbranched alkanes of at least 4 members (excludes halogenated alkanes) is 38. The highest BCUT2D eigenvalue weighted by Crippen LogP contribution is 2.17. The molecule has 0 spiro atoms.